The summed E-state index contributed by atoms with van der Waals surface area (Å²) in [7, 11) is 3.70. The number of aromatic nitrogens is 1. The van der Waals surface area contributed by atoms with E-state index >= 15 is 0 Å². The minimum absolute atomic E-state index is 0.352. The first kappa shape index (κ1) is 12.6. The second kappa shape index (κ2) is 6.93. The minimum Gasteiger partial charge on any atom is -0.385 e. The molecule has 84 valence electrons. The van der Waals surface area contributed by atoms with Crippen LogP contribution < -0.4 is 5.32 Å². The van der Waals surface area contributed by atoms with Crippen molar-refractivity contribution in [1.82, 2.24) is 10.3 Å². The lowest BCUT2D eigenvalue weighted by atomic mass is 10.0. The summed E-state index contributed by atoms with van der Waals surface area (Å²) in [6.07, 6.45) is 5.81. The topological polar surface area (TPSA) is 34.1 Å². The molecule has 1 unspecified atom stereocenters. The molecule has 0 saturated carbocycles. The highest BCUT2D eigenvalue weighted by Gasteiger charge is 2.09. The Bertz CT molecular complexity index is 294. The van der Waals surface area contributed by atoms with Gasteiger partial charge in [0.25, 0.3) is 0 Å². The summed E-state index contributed by atoms with van der Waals surface area (Å²) in [5, 5.41) is 3.29. The van der Waals surface area contributed by atoms with Gasteiger partial charge in [0.2, 0.25) is 0 Å². The summed E-state index contributed by atoms with van der Waals surface area (Å²) < 4.78 is 6.06. The average molecular weight is 273 g/mol. The molecule has 0 aromatic carbocycles. The molecule has 1 rings (SSSR count). The van der Waals surface area contributed by atoms with E-state index in [4.69, 9.17) is 4.74 Å². The molecule has 1 heterocycles. The highest BCUT2D eigenvalue weighted by atomic mass is 79.9. The number of hydrogen-bond donors (Lipinski definition) is 1. The molecule has 0 aliphatic rings. The molecule has 0 aliphatic heterocycles. The highest BCUT2D eigenvalue weighted by molar-refractivity contribution is 9.10. The molecule has 15 heavy (non-hydrogen) atoms. The SMILES string of the molecule is CNC(CCCOC)c1cncc(Br)c1. The molecular weight excluding hydrogens is 256 g/mol. The van der Waals surface area contributed by atoms with Gasteiger partial charge in [-0.3, -0.25) is 4.98 Å². The first-order chi connectivity index (χ1) is 7.27. The van der Waals surface area contributed by atoms with E-state index in [2.05, 4.69) is 32.3 Å². The van der Waals surface area contributed by atoms with Crippen LogP contribution in [-0.2, 0) is 4.74 Å². The molecule has 0 amide bonds. The molecule has 0 bridgehead atoms. The van der Waals surface area contributed by atoms with Gasteiger partial charge in [-0.05, 0) is 47.4 Å². The Morgan fingerprint density at radius 2 is 2.33 bits per heavy atom. The smallest absolute Gasteiger partial charge is 0.0462 e. The Hall–Kier alpha value is -0.450. The second-order valence-electron chi connectivity index (χ2n) is 3.41. The minimum atomic E-state index is 0.352. The van der Waals surface area contributed by atoms with Crippen LogP contribution in [-0.4, -0.2) is 25.7 Å². The van der Waals surface area contributed by atoms with Gasteiger partial charge in [-0.15, -0.1) is 0 Å². The van der Waals surface area contributed by atoms with E-state index in [-0.39, 0.29) is 0 Å². The lowest BCUT2D eigenvalue weighted by Gasteiger charge is -2.16. The number of nitrogens with one attached hydrogen (secondary N) is 1. The lowest BCUT2D eigenvalue weighted by molar-refractivity contribution is 0.189. The highest BCUT2D eigenvalue weighted by Crippen LogP contribution is 2.20. The fourth-order valence-electron chi connectivity index (χ4n) is 1.53. The van der Waals surface area contributed by atoms with Gasteiger partial charge in [0.05, 0.1) is 0 Å². The molecule has 0 spiro atoms. The summed E-state index contributed by atoms with van der Waals surface area (Å²) in [4.78, 5) is 4.16. The average Bonchev–Trinajstić information content (AvgIpc) is 2.24. The molecule has 0 radical (unpaired) electrons. The third-order valence-corrected chi connectivity index (χ3v) is 2.75. The fraction of sp³-hybridized carbons (Fsp3) is 0.545. The van der Waals surface area contributed by atoms with Gasteiger partial charge in [0, 0.05) is 36.6 Å². The van der Waals surface area contributed by atoms with Crippen LogP contribution in [0.4, 0.5) is 0 Å². The number of halogens is 1. The van der Waals surface area contributed by atoms with E-state index in [0.717, 1.165) is 23.9 Å². The van der Waals surface area contributed by atoms with Crippen LogP contribution in [0.15, 0.2) is 22.9 Å². The second-order valence-corrected chi connectivity index (χ2v) is 4.33. The Labute approximate surface area is 99.4 Å². The third kappa shape index (κ3) is 4.28. The van der Waals surface area contributed by atoms with Crippen molar-refractivity contribution in [2.24, 2.45) is 0 Å². The van der Waals surface area contributed by atoms with Gasteiger partial charge in [-0.1, -0.05) is 0 Å². The van der Waals surface area contributed by atoms with Gasteiger partial charge in [0.15, 0.2) is 0 Å². The molecule has 0 aliphatic carbocycles. The van der Waals surface area contributed by atoms with Crippen molar-refractivity contribution in [1.29, 1.82) is 0 Å². The number of rotatable bonds is 6. The van der Waals surface area contributed by atoms with Crippen LogP contribution in [0.3, 0.4) is 0 Å². The Kier molecular flexibility index (Phi) is 5.83. The maximum Gasteiger partial charge on any atom is 0.0462 e. The molecule has 3 nitrogen and oxygen atoms in total. The first-order valence-electron chi connectivity index (χ1n) is 5.04. The Morgan fingerprint density at radius 1 is 1.53 bits per heavy atom. The number of ether oxygens (including phenoxy) is 1. The largest absolute Gasteiger partial charge is 0.385 e. The van der Waals surface area contributed by atoms with Gasteiger partial charge >= 0.3 is 0 Å². The zero-order valence-corrected chi connectivity index (χ0v) is 10.8. The van der Waals surface area contributed by atoms with Gasteiger partial charge < -0.3 is 10.1 Å². The summed E-state index contributed by atoms with van der Waals surface area (Å²) in [5.74, 6) is 0. The molecule has 1 atom stereocenters. The lowest BCUT2D eigenvalue weighted by Crippen LogP contribution is -2.17. The van der Waals surface area contributed by atoms with E-state index < -0.39 is 0 Å². The third-order valence-electron chi connectivity index (χ3n) is 2.32. The summed E-state index contributed by atoms with van der Waals surface area (Å²) in [6.45, 7) is 0.805. The van der Waals surface area contributed by atoms with Crippen LogP contribution in [0.5, 0.6) is 0 Å². The molecule has 0 fully saturated rings. The molecule has 0 saturated heterocycles. The summed E-state index contributed by atoms with van der Waals surface area (Å²) in [6, 6.07) is 2.45. The molecule has 4 heteroatoms. The quantitative estimate of drug-likeness (QED) is 0.809. The normalized spacial score (nSPS) is 12.7. The predicted molar refractivity (Wildman–Crippen MR) is 64.8 cm³/mol. The van der Waals surface area contributed by atoms with E-state index in [1.54, 1.807) is 13.3 Å². The summed E-state index contributed by atoms with van der Waals surface area (Å²) in [5.41, 5.74) is 1.21. The van der Waals surface area contributed by atoms with Crippen molar-refractivity contribution in [3.8, 4) is 0 Å². The zero-order chi connectivity index (χ0) is 11.1. The van der Waals surface area contributed by atoms with Crippen molar-refractivity contribution in [2.45, 2.75) is 18.9 Å². The van der Waals surface area contributed by atoms with Crippen LogP contribution in [0.1, 0.15) is 24.4 Å². The number of nitrogens with zero attached hydrogens (tertiary/aromatic N) is 1. The van der Waals surface area contributed by atoms with Crippen molar-refractivity contribution in [3.05, 3.63) is 28.5 Å². The molecular formula is C11H17BrN2O. The van der Waals surface area contributed by atoms with E-state index in [0.29, 0.717) is 6.04 Å². The maximum absolute atomic E-state index is 5.04. The van der Waals surface area contributed by atoms with Crippen molar-refractivity contribution in [3.63, 3.8) is 0 Å². The number of pyridine rings is 1. The summed E-state index contributed by atoms with van der Waals surface area (Å²) >= 11 is 3.43. The van der Waals surface area contributed by atoms with Crippen LogP contribution in [0.25, 0.3) is 0 Å². The number of methoxy groups -OCH3 is 1. The van der Waals surface area contributed by atoms with Crippen LogP contribution in [0, 0.1) is 0 Å². The Morgan fingerprint density at radius 3 is 2.93 bits per heavy atom. The Balaban J connectivity index is 2.57. The van der Waals surface area contributed by atoms with Crippen molar-refractivity contribution in [2.75, 3.05) is 20.8 Å². The molecule has 1 N–H and O–H groups in total. The molecule has 1 aromatic heterocycles. The predicted octanol–water partition coefficient (Wildman–Crippen LogP) is 2.53. The fourth-order valence-corrected chi connectivity index (χ4v) is 1.91. The van der Waals surface area contributed by atoms with Gasteiger partial charge in [-0.25, -0.2) is 0 Å². The van der Waals surface area contributed by atoms with Crippen molar-refractivity contribution >= 4 is 15.9 Å². The number of hydrogen-bond acceptors (Lipinski definition) is 3. The van der Waals surface area contributed by atoms with Gasteiger partial charge in [-0.2, -0.15) is 0 Å². The van der Waals surface area contributed by atoms with E-state index in [1.165, 1.54) is 5.56 Å². The van der Waals surface area contributed by atoms with Crippen molar-refractivity contribution < 1.29 is 4.74 Å². The zero-order valence-electron chi connectivity index (χ0n) is 9.16. The monoisotopic (exact) mass is 272 g/mol. The van der Waals surface area contributed by atoms with E-state index in [9.17, 15) is 0 Å². The van der Waals surface area contributed by atoms with Crippen LogP contribution >= 0.6 is 15.9 Å². The van der Waals surface area contributed by atoms with E-state index in [1.807, 2.05) is 13.2 Å². The van der Waals surface area contributed by atoms with Crippen LogP contribution in [0.2, 0.25) is 0 Å². The maximum atomic E-state index is 5.04. The standard InChI is InChI=1S/C11H17BrN2O/c1-13-11(4-3-5-15-2)9-6-10(12)8-14-7-9/h6-8,11,13H,3-5H2,1-2H3. The first-order valence-corrected chi connectivity index (χ1v) is 5.84. The van der Waals surface area contributed by atoms with Gasteiger partial charge in [0.1, 0.15) is 0 Å². The molecule has 1 aromatic rings.